The Morgan fingerprint density at radius 3 is 2.67 bits per heavy atom. The first-order valence-electron chi connectivity index (χ1n) is 17.3. The van der Waals surface area contributed by atoms with Gasteiger partial charge in [-0.3, -0.25) is 9.98 Å². The van der Waals surface area contributed by atoms with Crippen LogP contribution in [0.25, 0.3) is 0 Å². The van der Waals surface area contributed by atoms with Crippen LogP contribution in [0.3, 0.4) is 0 Å². The molecule has 1 saturated heterocycles. The van der Waals surface area contributed by atoms with E-state index >= 15 is 0 Å². The van der Waals surface area contributed by atoms with Crippen molar-refractivity contribution in [3.63, 3.8) is 0 Å². The van der Waals surface area contributed by atoms with Crippen molar-refractivity contribution >= 4 is 12.2 Å². The number of esters is 1. The van der Waals surface area contributed by atoms with Gasteiger partial charge in [-0.1, -0.05) is 13.0 Å². The number of ether oxygens (including phenoxy) is 4. The lowest BCUT2D eigenvalue weighted by molar-refractivity contribution is -0.284. The molecule has 4 aliphatic carbocycles. The number of methoxy groups -OCH3 is 1. The molecule has 3 heterocycles. The van der Waals surface area contributed by atoms with Crippen molar-refractivity contribution in [1.29, 1.82) is 0 Å². The quantitative estimate of drug-likeness (QED) is 0.231. The SMILES string of the molecule is COC1CC(OC2CCC3(C=NCc4ccccn4)C4CCC5(C)C(C6=CC(=O)OC6)CCC5(O)C4CCC3(O)C2)OC(C)C1O. The topological polar surface area (TPSA) is 140 Å². The average Bonchev–Trinajstić information content (AvgIpc) is 3.58. The summed E-state index contributed by atoms with van der Waals surface area (Å²) in [5.41, 5.74) is -1.09. The third-order valence-corrected chi connectivity index (χ3v) is 13.2. The predicted octanol–water partition coefficient (Wildman–Crippen LogP) is 3.90. The van der Waals surface area contributed by atoms with Crippen LogP contribution in [0.15, 0.2) is 41.0 Å². The zero-order chi connectivity index (χ0) is 32.3. The minimum atomic E-state index is -1.07. The Labute approximate surface area is 271 Å². The standard InChI is InChI=1S/C36H50N2O8/c1-22-32(40)29(43-3)17-31(45-22)46-25-7-12-34(21-37-19-24-6-4-5-15-38-24)27-8-11-33(2)26(23-16-30(39)44-20-23)10-14-36(33,42)28(27)9-13-35(34,41)18-25/h4-6,15-16,21-22,25-29,31-32,40-42H,7-14,17-20H2,1-3H3. The third-order valence-electron chi connectivity index (χ3n) is 13.2. The van der Waals surface area contributed by atoms with Crippen molar-refractivity contribution in [3.05, 3.63) is 41.7 Å². The van der Waals surface area contributed by atoms with Crippen LogP contribution in [-0.2, 0) is 30.3 Å². The third kappa shape index (κ3) is 5.10. The van der Waals surface area contributed by atoms with Crippen molar-refractivity contribution in [1.82, 2.24) is 4.98 Å². The number of fused-ring (bicyclic) bond motifs is 5. The van der Waals surface area contributed by atoms with Gasteiger partial charge in [-0.05, 0) is 93.7 Å². The molecule has 252 valence electrons. The Kier molecular flexibility index (Phi) is 8.46. The first-order chi connectivity index (χ1) is 22.0. The van der Waals surface area contributed by atoms with Gasteiger partial charge in [-0.2, -0.15) is 0 Å². The van der Waals surface area contributed by atoms with Gasteiger partial charge < -0.3 is 34.3 Å². The van der Waals surface area contributed by atoms with Crippen molar-refractivity contribution in [2.24, 2.45) is 33.6 Å². The molecule has 1 aromatic heterocycles. The van der Waals surface area contributed by atoms with E-state index < -0.39 is 35.1 Å². The Hall–Kier alpha value is -2.21. The normalized spacial score (nSPS) is 47.2. The van der Waals surface area contributed by atoms with Crippen LogP contribution in [0.5, 0.6) is 0 Å². The smallest absolute Gasteiger partial charge is 0.331 e. The van der Waals surface area contributed by atoms with Gasteiger partial charge in [0.2, 0.25) is 0 Å². The van der Waals surface area contributed by atoms with Crippen LogP contribution in [0, 0.1) is 28.6 Å². The number of hydrogen-bond acceptors (Lipinski definition) is 10. The summed E-state index contributed by atoms with van der Waals surface area (Å²) >= 11 is 0. The fourth-order valence-corrected chi connectivity index (χ4v) is 10.8. The molecule has 46 heavy (non-hydrogen) atoms. The van der Waals surface area contributed by atoms with Crippen LogP contribution in [0.1, 0.15) is 83.7 Å². The molecule has 5 fully saturated rings. The summed E-state index contributed by atoms with van der Waals surface area (Å²) in [6.45, 7) is 4.79. The second-order valence-corrected chi connectivity index (χ2v) is 15.2. The molecule has 12 unspecified atom stereocenters. The monoisotopic (exact) mass is 638 g/mol. The molecule has 12 atom stereocenters. The van der Waals surface area contributed by atoms with E-state index in [0.29, 0.717) is 51.7 Å². The number of carbonyl (C=O) groups is 1. The second kappa shape index (κ2) is 12.0. The Bertz CT molecular complexity index is 1360. The lowest BCUT2D eigenvalue weighted by Gasteiger charge is -2.66. The molecule has 1 aromatic rings. The summed E-state index contributed by atoms with van der Waals surface area (Å²) in [7, 11) is 1.59. The van der Waals surface area contributed by atoms with E-state index in [1.165, 1.54) is 0 Å². The van der Waals surface area contributed by atoms with E-state index in [2.05, 4.69) is 11.9 Å². The number of aliphatic hydroxyl groups excluding tert-OH is 1. The maximum Gasteiger partial charge on any atom is 0.331 e. The number of nitrogens with zero attached hydrogens (tertiary/aromatic N) is 2. The van der Waals surface area contributed by atoms with Crippen LogP contribution in [-0.4, -0.2) is 88.1 Å². The molecule has 0 spiro atoms. The Morgan fingerprint density at radius 2 is 1.93 bits per heavy atom. The first kappa shape index (κ1) is 32.3. The van der Waals surface area contributed by atoms with Gasteiger partial charge in [-0.25, -0.2) is 4.79 Å². The lowest BCUT2D eigenvalue weighted by atomic mass is 9.41. The summed E-state index contributed by atoms with van der Waals surface area (Å²) in [6, 6.07) is 5.81. The number of aliphatic imine (C=N–C) groups is 1. The van der Waals surface area contributed by atoms with Crippen LogP contribution in [0.2, 0.25) is 0 Å². The molecule has 0 aromatic carbocycles. The highest BCUT2D eigenvalue weighted by atomic mass is 16.7. The lowest BCUT2D eigenvalue weighted by Crippen LogP contribution is -2.69. The van der Waals surface area contributed by atoms with Crippen LogP contribution >= 0.6 is 0 Å². The van der Waals surface area contributed by atoms with Gasteiger partial charge in [0.1, 0.15) is 12.7 Å². The molecule has 2 aliphatic heterocycles. The fraction of sp³-hybridized carbons (Fsp3) is 0.750. The highest BCUT2D eigenvalue weighted by Crippen LogP contribution is 2.70. The van der Waals surface area contributed by atoms with E-state index in [-0.39, 0.29) is 41.3 Å². The van der Waals surface area contributed by atoms with Gasteiger partial charge in [0, 0.05) is 49.3 Å². The van der Waals surface area contributed by atoms with E-state index in [1.54, 1.807) is 19.4 Å². The largest absolute Gasteiger partial charge is 0.458 e. The number of hydrogen-bond donors (Lipinski definition) is 3. The molecule has 3 N–H and O–H groups in total. The molecule has 10 heteroatoms. The molecule has 0 bridgehead atoms. The highest BCUT2D eigenvalue weighted by Gasteiger charge is 2.71. The summed E-state index contributed by atoms with van der Waals surface area (Å²) in [5.74, 6) is -0.128. The van der Waals surface area contributed by atoms with Gasteiger partial charge in [-0.15, -0.1) is 0 Å². The summed E-state index contributed by atoms with van der Waals surface area (Å²) in [6.07, 6.45) is 9.93. The summed E-state index contributed by atoms with van der Waals surface area (Å²) in [5, 5.41) is 36.0. The number of cyclic esters (lactones) is 1. The molecular formula is C36H50N2O8. The van der Waals surface area contributed by atoms with Crippen molar-refractivity contribution in [2.75, 3.05) is 13.7 Å². The van der Waals surface area contributed by atoms with Crippen LogP contribution in [0.4, 0.5) is 0 Å². The van der Waals surface area contributed by atoms with E-state index in [0.717, 1.165) is 37.0 Å². The maximum atomic E-state index is 12.8. The zero-order valence-electron chi connectivity index (χ0n) is 27.3. The van der Waals surface area contributed by atoms with Crippen LogP contribution < -0.4 is 0 Å². The average molecular weight is 639 g/mol. The molecule has 7 rings (SSSR count). The Balaban J connectivity index is 1.17. The Morgan fingerprint density at radius 1 is 1.11 bits per heavy atom. The minimum Gasteiger partial charge on any atom is -0.458 e. The molecule has 6 aliphatic rings. The van der Waals surface area contributed by atoms with Gasteiger partial charge in [0.25, 0.3) is 0 Å². The fourth-order valence-electron chi connectivity index (χ4n) is 10.8. The van der Waals surface area contributed by atoms with E-state index in [4.69, 9.17) is 23.9 Å². The highest BCUT2D eigenvalue weighted by molar-refractivity contribution is 5.85. The van der Waals surface area contributed by atoms with Crippen molar-refractivity contribution in [2.45, 2.75) is 127 Å². The maximum absolute atomic E-state index is 12.8. The van der Waals surface area contributed by atoms with Gasteiger partial charge in [0.15, 0.2) is 6.29 Å². The number of rotatable bonds is 7. The molecule has 4 saturated carbocycles. The molecule has 0 amide bonds. The number of carbonyl (C=O) groups excluding carboxylic acids is 1. The summed E-state index contributed by atoms with van der Waals surface area (Å²) in [4.78, 5) is 21.4. The minimum absolute atomic E-state index is 0.000364. The predicted molar refractivity (Wildman–Crippen MR) is 169 cm³/mol. The van der Waals surface area contributed by atoms with Crippen molar-refractivity contribution in [3.8, 4) is 0 Å². The van der Waals surface area contributed by atoms with E-state index in [1.807, 2.05) is 31.3 Å². The van der Waals surface area contributed by atoms with Gasteiger partial charge in [0.05, 0.1) is 41.8 Å². The molecule has 0 radical (unpaired) electrons. The number of pyridine rings is 1. The number of aromatic nitrogens is 1. The number of aliphatic hydroxyl groups is 3. The second-order valence-electron chi connectivity index (χ2n) is 15.2. The summed E-state index contributed by atoms with van der Waals surface area (Å²) < 4.78 is 23.4. The molecular weight excluding hydrogens is 588 g/mol. The van der Waals surface area contributed by atoms with Crippen molar-refractivity contribution < 1.29 is 39.1 Å². The first-order valence-corrected chi connectivity index (χ1v) is 17.3. The van der Waals surface area contributed by atoms with E-state index in [9.17, 15) is 20.1 Å². The van der Waals surface area contributed by atoms with Gasteiger partial charge >= 0.3 is 5.97 Å². The molecule has 10 nitrogen and oxygen atoms in total. The zero-order valence-corrected chi connectivity index (χ0v) is 27.3.